The van der Waals surface area contributed by atoms with Crippen molar-refractivity contribution in [3.8, 4) is 0 Å². The third kappa shape index (κ3) is 49.6. The summed E-state index contributed by atoms with van der Waals surface area (Å²) in [6.45, 7) is 6.43. The van der Waals surface area contributed by atoms with Crippen molar-refractivity contribution in [3.05, 3.63) is 85.1 Å². The van der Waals surface area contributed by atoms with Gasteiger partial charge in [0, 0.05) is 19.3 Å². The maximum atomic E-state index is 12.8. The summed E-state index contributed by atoms with van der Waals surface area (Å²) >= 11 is 0. The second-order valence-corrected chi connectivity index (χ2v) is 17.4. The molecule has 0 saturated carbocycles. The Hall–Kier alpha value is -3.41. The van der Waals surface area contributed by atoms with Crippen LogP contribution >= 0.6 is 0 Å². The molecule has 0 saturated heterocycles. The predicted molar refractivity (Wildman–Crippen MR) is 274 cm³/mol. The molecule has 366 valence electrons. The van der Waals surface area contributed by atoms with Crippen LogP contribution in [0.5, 0.6) is 0 Å². The summed E-state index contributed by atoms with van der Waals surface area (Å²) in [6, 6.07) is 0. The van der Waals surface area contributed by atoms with E-state index in [1.165, 1.54) is 89.9 Å². The summed E-state index contributed by atoms with van der Waals surface area (Å²) in [5.74, 6) is -0.946. The van der Waals surface area contributed by atoms with E-state index in [0.717, 1.165) is 116 Å². The molecule has 0 spiro atoms. The van der Waals surface area contributed by atoms with Crippen molar-refractivity contribution in [2.45, 2.75) is 252 Å². The van der Waals surface area contributed by atoms with Gasteiger partial charge in [-0.2, -0.15) is 0 Å². The molecule has 0 aromatic heterocycles. The molecule has 0 radical (unpaired) electrons. The van der Waals surface area contributed by atoms with E-state index in [4.69, 9.17) is 14.2 Å². The van der Waals surface area contributed by atoms with Crippen molar-refractivity contribution in [2.24, 2.45) is 0 Å². The van der Waals surface area contributed by atoms with Gasteiger partial charge in [-0.25, -0.2) is 0 Å². The zero-order valence-corrected chi connectivity index (χ0v) is 41.8. The van der Waals surface area contributed by atoms with Crippen LogP contribution in [-0.4, -0.2) is 37.2 Å². The minimum absolute atomic E-state index is 0.0953. The van der Waals surface area contributed by atoms with E-state index in [1.54, 1.807) is 0 Å². The van der Waals surface area contributed by atoms with Gasteiger partial charge in [0.2, 0.25) is 0 Å². The van der Waals surface area contributed by atoms with Gasteiger partial charge in [-0.15, -0.1) is 0 Å². The first-order chi connectivity index (χ1) is 31.5. The van der Waals surface area contributed by atoms with Crippen molar-refractivity contribution < 1.29 is 28.6 Å². The number of hydrogen-bond acceptors (Lipinski definition) is 6. The quantitative estimate of drug-likeness (QED) is 0.0262. The van der Waals surface area contributed by atoms with Crippen LogP contribution in [0, 0.1) is 0 Å². The molecule has 1 unspecified atom stereocenters. The Bertz CT molecular complexity index is 1250. The molecule has 0 aliphatic rings. The van der Waals surface area contributed by atoms with E-state index >= 15 is 0 Å². The van der Waals surface area contributed by atoms with Gasteiger partial charge in [0.15, 0.2) is 6.10 Å². The summed E-state index contributed by atoms with van der Waals surface area (Å²) in [6.07, 6.45) is 67.1. The summed E-state index contributed by atoms with van der Waals surface area (Å²) in [4.78, 5) is 38.0. The Morgan fingerprint density at radius 2 is 0.625 bits per heavy atom. The van der Waals surface area contributed by atoms with Gasteiger partial charge < -0.3 is 14.2 Å². The molecule has 0 amide bonds. The van der Waals surface area contributed by atoms with Gasteiger partial charge in [0.05, 0.1) is 0 Å². The highest BCUT2D eigenvalue weighted by Crippen LogP contribution is 2.14. The van der Waals surface area contributed by atoms with Gasteiger partial charge in [-0.3, -0.25) is 14.4 Å². The van der Waals surface area contributed by atoms with Crippen LogP contribution in [0.1, 0.15) is 245 Å². The highest BCUT2D eigenvalue weighted by Gasteiger charge is 2.19. The molecule has 0 aliphatic heterocycles. The zero-order chi connectivity index (χ0) is 46.5. The molecule has 0 rings (SSSR count). The zero-order valence-electron chi connectivity index (χ0n) is 41.8. The largest absolute Gasteiger partial charge is 0.462 e. The molecule has 0 aromatic carbocycles. The van der Waals surface area contributed by atoms with Gasteiger partial charge >= 0.3 is 17.9 Å². The Balaban J connectivity index is 4.42. The molecule has 0 aliphatic carbocycles. The normalized spacial score (nSPS) is 12.7. The molecule has 0 bridgehead atoms. The molecule has 1 atom stereocenters. The lowest BCUT2D eigenvalue weighted by Gasteiger charge is -2.18. The van der Waals surface area contributed by atoms with Crippen molar-refractivity contribution in [1.29, 1.82) is 0 Å². The van der Waals surface area contributed by atoms with E-state index in [-0.39, 0.29) is 31.1 Å². The first kappa shape index (κ1) is 60.6. The van der Waals surface area contributed by atoms with Crippen LogP contribution in [0.2, 0.25) is 0 Å². The average Bonchev–Trinajstić information content (AvgIpc) is 3.29. The lowest BCUT2D eigenvalue weighted by molar-refractivity contribution is -0.167. The number of unbranched alkanes of at least 4 members (excludes halogenated alkanes) is 22. The number of ether oxygens (including phenoxy) is 3. The standard InChI is InChI=1S/C58H98O6/c1-4-7-10-13-16-19-22-24-26-28-29-31-32-34-36-39-42-45-48-51-57(60)63-54-55(53-62-56(59)50-47-44-41-38-21-18-15-12-9-6-3)64-58(61)52-49-46-43-40-37-35-33-30-27-25-23-20-17-14-11-8-5-2/h7,10,15-16,18-19,24-27,29,31,34,36,55H,4-6,8-9,11-14,17,20-23,28,30,32-33,35,37-54H2,1-3H3/b10-7-,18-15-,19-16-,26-24-,27-25-,31-29-,36-34-. The van der Waals surface area contributed by atoms with Crippen LogP contribution < -0.4 is 0 Å². The van der Waals surface area contributed by atoms with Crippen molar-refractivity contribution >= 4 is 17.9 Å². The van der Waals surface area contributed by atoms with Crippen LogP contribution in [0.4, 0.5) is 0 Å². The molecule has 0 fully saturated rings. The Morgan fingerprint density at radius 3 is 1.03 bits per heavy atom. The second kappa shape index (κ2) is 52.2. The van der Waals surface area contributed by atoms with E-state index in [9.17, 15) is 14.4 Å². The van der Waals surface area contributed by atoms with Crippen LogP contribution in [-0.2, 0) is 28.6 Å². The third-order valence-corrected chi connectivity index (χ3v) is 11.1. The van der Waals surface area contributed by atoms with E-state index in [2.05, 4.69) is 106 Å². The van der Waals surface area contributed by atoms with Crippen molar-refractivity contribution in [1.82, 2.24) is 0 Å². The molecule has 6 heteroatoms. The monoisotopic (exact) mass is 891 g/mol. The molecular weight excluding hydrogens is 793 g/mol. The van der Waals surface area contributed by atoms with Crippen LogP contribution in [0.3, 0.4) is 0 Å². The average molecular weight is 891 g/mol. The Morgan fingerprint density at radius 1 is 0.328 bits per heavy atom. The number of carbonyl (C=O) groups excluding carboxylic acids is 3. The minimum atomic E-state index is -0.796. The molecule has 0 heterocycles. The summed E-state index contributed by atoms with van der Waals surface area (Å²) < 4.78 is 16.8. The molecule has 0 aromatic rings. The predicted octanol–water partition coefficient (Wildman–Crippen LogP) is 17.6. The highest BCUT2D eigenvalue weighted by molar-refractivity contribution is 5.71. The highest BCUT2D eigenvalue weighted by atomic mass is 16.6. The lowest BCUT2D eigenvalue weighted by atomic mass is 10.1. The van der Waals surface area contributed by atoms with Crippen molar-refractivity contribution in [2.75, 3.05) is 13.2 Å². The first-order valence-electron chi connectivity index (χ1n) is 26.6. The summed E-state index contributed by atoms with van der Waals surface area (Å²) in [5.41, 5.74) is 0. The molecule has 0 N–H and O–H groups in total. The van der Waals surface area contributed by atoms with Crippen LogP contribution in [0.15, 0.2) is 85.1 Å². The Labute approximate surface area is 395 Å². The smallest absolute Gasteiger partial charge is 0.306 e. The van der Waals surface area contributed by atoms with Gasteiger partial charge in [0.25, 0.3) is 0 Å². The fourth-order valence-corrected chi connectivity index (χ4v) is 7.09. The SMILES string of the molecule is CC/C=C\C/C=C\C/C=C\C/C=C\C/C=C\CCCCCC(=O)OCC(COC(=O)CCCCCC/C=C\CCCC)OC(=O)CCCCCCCCC/C=C\CCCCCCCC. The van der Waals surface area contributed by atoms with E-state index in [1.807, 2.05) is 0 Å². The number of rotatable bonds is 47. The summed E-state index contributed by atoms with van der Waals surface area (Å²) in [5, 5.41) is 0. The molecule has 6 nitrogen and oxygen atoms in total. The van der Waals surface area contributed by atoms with Gasteiger partial charge in [-0.05, 0) is 109 Å². The fourth-order valence-electron chi connectivity index (χ4n) is 7.09. The lowest BCUT2D eigenvalue weighted by Crippen LogP contribution is -2.30. The number of carbonyl (C=O) groups is 3. The van der Waals surface area contributed by atoms with Crippen LogP contribution in [0.25, 0.3) is 0 Å². The second-order valence-electron chi connectivity index (χ2n) is 17.4. The number of hydrogen-bond donors (Lipinski definition) is 0. The maximum absolute atomic E-state index is 12.8. The topological polar surface area (TPSA) is 78.9 Å². The van der Waals surface area contributed by atoms with E-state index in [0.29, 0.717) is 19.3 Å². The van der Waals surface area contributed by atoms with Crippen molar-refractivity contribution in [3.63, 3.8) is 0 Å². The maximum Gasteiger partial charge on any atom is 0.306 e. The molecule has 64 heavy (non-hydrogen) atoms. The third-order valence-electron chi connectivity index (χ3n) is 11.1. The Kier molecular flexibility index (Phi) is 49.4. The summed E-state index contributed by atoms with van der Waals surface area (Å²) in [7, 11) is 0. The van der Waals surface area contributed by atoms with E-state index < -0.39 is 6.10 Å². The minimum Gasteiger partial charge on any atom is -0.462 e. The first-order valence-corrected chi connectivity index (χ1v) is 26.6. The molecular formula is C58H98O6. The fraction of sp³-hybridized carbons (Fsp3) is 0.707. The van der Waals surface area contributed by atoms with Gasteiger partial charge in [0.1, 0.15) is 13.2 Å². The van der Waals surface area contributed by atoms with Gasteiger partial charge in [-0.1, -0.05) is 202 Å². The number of esters is 3. The number of allylic oxidation sites excluding steroid dienone is 14.